The summed E-state index contributed by atoms with van der Waals surface area (Å²) < 4.78 is 7.60. The summed E-state index contributed by atoms with van der Waals surface area (Å²) in [5.74, 6) is 0.332. The van der Waals surface area contributed by atoms with Gasteiger partial charge in [0.2, 0.25) is 5.95 Å². The molecule has 1 aromatic carbocycles. The Balaban J connectivity index is 1.70. The number of anilines is 2. The van der Waals surface area contributed by atoms with Gasteiger partial charge in [0.1, 0.15) is 23.8 Å². The van der Waals surface area contributed by atoms with E-state index in [9.17, 15) is 4.79 Å². The highest BCUT2D eigenvalue weighted by atomic mass is 16.5. The molecule has 4 rings (SSSR count). The SMILES string of the molecule is Nc1nc(NCCCO)c2cc(C(=O)OCc3ccccc3)n(C3CCCC3)c2n1. The highest BCUT2D eigenvalue weighted by Crippen LogP contribution is 2.36. The molecule has 1 aliphatic carbocycles. The molecule has 1 fully saturated rings. The fourth-order valence-electron chi connectivity index (χ4n) is 4.02. The average Bonchev–Trinajstić information content (AvgIpc) is 3.40. The number of benzene rings is 1. The molecule has 1 saturated carbocycles. The summed E-state index contributed by atoms with van der Waals surface area (Å²) >= 11 is 0. The van der Waals surface area contributed by atoms with Crippen molar-refractivity contribution in [1.29, 1.82) is 0 Å². The van der Waals surface area contributed by atoms with E-state index in [1.165, 1.54) is 0 Å². The van der Waals surface area contributed by atoms with Crippen molar-refractivity contribution in [1.82, 2.24) is 14.5 Å². The number of nitrogen functional groups attached to an aromatic ring is 1. The monoisotopic (exact) mass is 409 g/mol. The van der Waals surface area contributed by atoms with Crippen molar-refractivity contribution in [3.05, 3.63) is 47.7 Å². The van der Waals surface area contributed by atoms with Crippen LogP contribution in [0.3, 0.4) is 0 Å². The van der Waals surface area contributed by atoms with Gasteiger partial charge in [0.15, 0.2) is 0 Å². The Morgan fingerprint density at radius 1 is 1.23 bits per heavy atom. The van der Waals surface area contributed by atoms with Crippen molar-refractivity contribution in [3.63, 3.8) is 0 Å². The molecular weight excluding hydrogens is 382 g/mol. The van der Waals surface area contributed by atoms with Gasteiger partial charge in [-0.3, -0.25) is 0 Å². The molecule has 0 saturated heterocycles. The molecule has 0 radical (unpaired) electrons. The van der Waals surface area contributed by atoms with Crippen molar-refractivity contribution in [2.75, 3.05) is 24.2 Å². The predicted molar refractivity (Wildman–Crippen MR) is 115 cm³/mol. The number of ether oxygens (including phenoxy) is 1. The number of rotatable bonds is 8. The van der Waals surface area contributed by atoms with Crippen molar-refractivity contribution in [2.24, 2.45) is 0 Å². The molecule has 0 unspecified atom stereocenters. The molecule has 3 aromatic rings. The number of aliphatic hydroxyl groups is 1. The summed E-state index contributed by atoms with van der Waals surface area (Å²) in [6, 6.07) is 11.6. The lowest BCUT2D eigenvalue weighted by molar-refractivity contribution is 0.0458. The molecule has 2 aromatic heterocycles. The Kier molecular flexibility index (Phi) is 6.13. The van der Waals surface area contributed by atoms with Gasteiger partial charge in [0, 0.05) is 19.2 Å². The first-order valence-corrected chi connectivity index (χ1v) is 10.4. The van der Waals surface area contributed by atoms with E-state index in [1.807, 2.05) is 34.9 Å². The zero-order valence-electron chi connectivity index (χ0n) is 16.9. The number of nitrogens with one attached hydrogen (secondary N) is 1. The molecule has 0 spiro atoms. The number of esters is 1. The van der Waals surface area contributed by atoms with Crippen molar-refractivity contribution < 1.29 is 14.6 Å². The molecule has 0 bridgehead atoms. The molecule has 0 atom stereocenters. The van der Waals surface area contributed by atoms with Gasteiger partial charge in [0.05, 0.1) is 5.39 Å². The number of fused-ring (bicyclic) bond motifs is 1. The first-order valence-electron chi connectivity index (χ1n) is 10.4. The first-order chi connectivity index (χ1) is 14.7. The fourth-order valence-corrected chi connectivity index (χ4v) is 4.02. The van der Waals surface area contributed by atoms with Gasteiger partial charge in [-0.1, -0.05) is 43.2 Å². The minimum Gasteiger partial charge on any atom is -0.456 e. The molecule has 8 heteroatoms. The number of nitrogens with zero attached hydrogens (tertiary/aromatic N) is 3. The number of carbonyl (C=O) groups is 1. The van der Waals surface area contributed by atoms with E-state index < -0.39 is 0 Å². The van der Waals surface area contributed by atoms with Gasteiger partial charge in [-0.05, 0) is 30.9 Å². The van der Waals surface area contributed by atoms with Crippen LogP contribution in [0.1, 0.15) is 54.2 Å². The lowest BCUT2D eigenvalue weighted by Crippen LogP contribution is -2.16. The number of carbonyl (C=O) groups excluding carboxylic acids is 1. The second kappa shape index (κ2) is 9.13. The minimum absolute atomic E-state index is 0.0802. The second-order valence-corrected chi connectivity index (χ2v) is 7.57. The Morgan fingerprint density at radius 3 is 2.73 bits per heavy atom. The van der Waals surface area contributed by atoms with E-state index in [-0.39, 0.29) is 31.2 Å². The molecule has 4 N–H and O–H groups in total. The third-order valence-electron chi connectivity index (χ3n) is 5.45. The van der Waals surface area contributed by atoms with E-state index >= 15 is 0 Å². The predicted octanol–water partition coefficient (Wildman–Crippen LogP) is 3.28. The standard InChI is InChI=1S/C22H27N5O3/c23-22-25-19(24-11-6-12-28)17-13-18(21(29)30-14-15-7-2-1-3-8-15)27(20(17)26-22)16-9-4-5-10-16/h1-3,7-8,13,16,28H,4-6,9-12,14H2,(H3,23,24,25,26). The lowest BCUT2D eigenvalue weighted by atomic mass is 10.2. The van der Waals surface area contributed by atoms with E-state index in [2.05, 4.69) is 15.3 Å². The Hall–Kier alpha value is -3.13. The Bertz CT molecular complexity index is 1010. The molecule has 158 valence electrons. The van der Waals surface area contributed by atoms with Gasteiger partial charge < -0.3 is 25.5 Å². The second-order valence-electron chi connectivity index (χ2n) is 7.57. The minimum atomic E-state index is -0.386. The normalized spacial score (nSPS) is 14.3. The summed E-state index contributed by atoms with van der Waals surface area (Å²) in [5.41, 5.74) is 8.03. The van der Waals surface area contributed by atoms with Gasteiger partial charge >= 0.3 is 5.97 Å². The van der Waals surface area contributed by atoms with E-state index in [4.69, 9.17) is 15.6 Å². The third-order valence-corrected chi connectivity index (χ3v) is 5.45. The van der Waals surface area contributed by atoms with Crippen LogP contribution in [0, 0.1) is 0 Å². The van der Waals surface area contributed by atoms with Gasteiger partial charge in [-0.2, -0.15) is 9.97 Å². The smallest absolute Gasteiger partial charge is 0.355 e. The first kappa shape index (κ1) is 20.2. The number of aliphatic hydroxyl groups excluding tert-OH is 1. The summed E-state index contributed by atoms with van der Waals surface area (Å²) in [6.45, 7) is 0.836. The van der Waals surface area contributed by atoms with E-state index in [1.54, 1.807) is 6.07 Å². The maximum absolute atomic E-state index is 13.0. The topological polar surface area (TPSA) is 115 Å². The summed E-state index contributed by atoms with van der Waals surface area (Å²) in [6.07, 6.45) is 4.79. The van der Waals surface area contributed by atoms with Crippen molar-refractivity contribution >= 4 is 28.8 Å². The molecule has 0 amide bonds. The van der Waals surface area contributed by atoms with Crippen LogP contribution in [-0.2, 0) is 11.3 Å². The van der Waals surface area contributed by atoms with Crippen molar-refractivity contribution in [3.8, 4) is 0 Å². The maximum Gasteiger partial charge on any atom is 0.355 e. The van der Waals surface area contributed by atoms with Crippen LogP contribution < -0.4 is 11.1 Å². The zero-order chi connectivity index (χ0) is 20.9. The summed E-state index contributed by atoms with van der Waals surface area (Å²) in [7, 11) is 0. The van der Waals surface area contributed by atoms with Crippen LogP contribution in [0.25, 0.3) is 11.0 Å². The van der Waals surface area contributed by atoms with Crippen LogP contribution in [0.2, 0.25) is 0 Å². The van der Waals surface area contributed by atoms with Gasteiger partial charge in [-0.25, -0.2) is 4.79 Å². The highest BCUT2D eigenvalue weighted by Gasteiger charge is 2.27. The largest absolute Gasteiger partial charge is 0.456 e. The van der Waals surface area contributed by atoms with Gasteiger partial charge in [0.25, 0.3) is 0 Å². The fraction of sp³-hybridized carbons (Fsp3) is 0.409. The maximum atomic E-state index is 13.0. The summed E-state index contributed by atoms with van der Waals surface area (Å²) in [4.78, 5) is 21.8. The quantitative estimate of drug-likeness (QED) is 0.386. The molecule has 0 aliphatic heterocycles. The molecular formula is C22H27N5O3. The number of hydrogen-bond acceptors (Lipinski definition) is 7. The van der Waals surface area contributed by atoms with Crippen LogP contribution >= 0.6 is 0 Å². The average molecular weight is 409 g/mol. The van der Waals surface area contributed by atoms with Crippen LogP contribution in [0.5, 0.6) is 0 Å². The Labute approximate surface area is 175 Å². The molecule has 1 aliphatic rings. The van der Waals surface area contributed by atoms with Crippen LogP contribution in [0.15, 0.2) is 36.4 Å². The third kappa shape index (κ3) is 4.23. The number of aromatic nitrogens is 3. The number of nitrogens with two attached hydrogens (primary N) is 1. The van der Waals surface area contributed by atoms with Crippen molar-refractivity contribution in [2.45, 2.75) is 44.8 Å². The van der Waals surface area contributed by atoms with E-state index in [0.717, 1.165) is 36.6 Å². The zero-order valence-corrected chi connectivity index (χ0v) is 16.9. The van der Waals surface area contributed by atoms with Gasteiger partial charge in [-0.15, -0.1) is 0 Å². The molecule has 30 heavy (non-hydrogen) atoms. The van der Waals surface area contributed by atoms with Crippen LogP contribution in [0.4, 0.5) is 11.8 Å². The number of hydrogen-bond donors (Lipinski definition) is 3. The highest BCUT2D eigenvalue weighted by molar-refractivity contribution is 5.98. The van der Waals surface area contributed by atoms with Crippen LogP contribution in [-0.4, -0.2) is 38.8 Å². The molecule has 8 nitrogen and oxygen atoms in total. The Morgan fingerprint density at radius 2 is 2.00 bits per heavy atom. The summed E-state index contributed by atoms with van der Waals surface area (Å²) in [5, 5.41) is 13.0. The lowest BCUT2D eigenvalue weighted by Gasteiger charge is -2.17. The van der Waals surface area contributed by atoms with E-state index in [0.29, 0.717) is 30.1 Å². The molecule has 2 heterocycles.